The molecule has 0 fully saturated rings. The largest absolute Gasteiger partial charge is 0.457 e. The average molecular weight is 296 g/mol. The van der Waals surface area contributed by atoms with Crippen LogP contribution in [0.1, 0.15) is 36.1 Å². The maximum absolute atomic E-state index is 6.18. The van der Waals surface area contributed by atoms with Gasteiger partial charge in [-0.05, 0) is 62.1 Å². The van der Waals surface area contributed by atoms with Gasteiger partial charge in [0.05, 0.1) is 0 Å². The van der Waals surface area contributed by atoms with Crippen LogP contribution in [-0.2, 0) is 6.42 Å². The van der Waals surface area contributed by atoms with E-state index >= 15 is 0 Å². The van der Waals surface area contributed by atoms with Crippen LogP contribution in [-0.4, -0.2) is 13.1 Å². The first-order valence-corrected chi connectivity index (χ1v) is 8.05. The van der Waals surface area contributed by atoms with Crippen LogP contribution in [0.25, 0.3) is 0 Å². The summed E-state index contributed by atoms with van der Waals surface area (Å²) in [7, 11) is 0. The van der Waals surface area contributed by atoms with Gasteiger partial charge in [0.2, 0.25) is 0 Å². The Morgan fingerprint density at radius 2 is 1.27 bits per heavy atom. The van der Waals surface area contributed by atoms with Crippen LogP contribution in [0.5, 0.6) is 11.5 Å². The van der Waals surface area contributed by atoms with Crippen LogP contribution in [0.3, 0.4) is 0 Å². The molecular formula is C19H24N2O. The molecule has 1 aliphatic rings. The summed E-state index contributed by atoms with van der Waals surface area (Å²) in [5.41, 5.74) is 7.39. The number of hydrogen-bond acceptors (Lipinski definition) is 3. The standard InChI is InChI=1S/C19H24N2O/c1-5-20-16-10-18-14(7-12(16)3)9-15-8-13(4)17(21-6-2)11-19(15)22-18/h7-8,10-11,20-21H,5-6,9H2,1-4H3. The summed E-state index contributed by atoms with van der Waals surface area (Å²) >= 11 is 0. The highest BCUT2D eigenvalue weighted by molar-refractivity contribution is 5.65. The van der Waals surface area contributed by atoms with Crippen LogP contribution < -0.4 is 15.4 Å². The normalized spacial score (nSPS) is 12.2. The monoisotopic (exact) mass is 296 g/mol. The number of fused-ring (bicyclic) bond motifs is 2. The molecule has 3 heteroatoms. The fourth-order valence-corrected chi connectivity index (χ4v) is 3.05. The summed E-state index contributed by atoms with van der Waals surface area (Å²) in [6, 6.07) is 8.74. The van der Waals surface area contributed by atoms with Crippen molar-refractivity contribution in [3.8, 4) is 11.5 Å². The van der Waals surface area contributed by atoms with Gasteiger partial charge in [0.25, 0.3) is 0 Å². The van der Waals surface area contributed by atoms with E-state index in [9.17, 15) is 0 Å². The van der Waals surface area contributed by atoms with Gasteiger partial charge in [-0.15, -0.1) is 0 Å². The van der Waals surface area contributed by atoms with Crippen molar-refractivity contribution in [3.05, 3.63) is 46.5 Å². The van der Waals surface area contributed by atoms with E-state index in [1.807, 2.05) is 0 Å². The van der Waals surface area contributed by atoms with Crippen molar-refractivity contribution in [2.45, 2.75) is 34.1 Å². The quantitative estimate of drug-likeness (QED) is 0.721. The van der Waals surface area contributed by atoms with E-state index in [1.54, 1.807) is 0 Å². The molecule has 0 spiro atoms. The van der Waals surface area contributed by atoms with Gasteiger partial charge >= 0.3 is 0 Å². The molecule has 0 unspecified atom stereocenters. The van der Waals surface area contributed by atoms with Crippen LogP contribution >= 0.6 is 0 Å². The summed E-state index contributed by atoms with van der Waals surface area (Å²) < 4.78 is 6.18. The van der Waals surface area contributed by atoms with Crippen molar-refractivity contribution in [3.63, 3.8) is 0 Å². The van der Waals surface area contributed by atoms with Crippen molar-refractivity contribution in [2.24, 2.45) is 0 Å². The molecule has 0 aliphatic carbocycles. The van der Waals surface area contributed by atoms with Crippen molar-refractivity contribution >= 4 is 11.4 Å². The van der Waals surface area contributed by atoms with Gasteiger partial charge in [0.15, 0.2) is 0 Å². The number of hydrogen-bond donors (Lipinski definition) is 2. The predicted octanol–water partition coefficient (Wildman–Crippen LogP) is 4.86. The van der Waals surface area contributed by atoms with E-state index in [-0.39, 0.29) is 0 Å². The molecule has 0 aromatic heterocycles. The van der Waals surface area contributed by atoms with E-state index in [4.69, 9.17) is 4.74 Å². The molecule has 1 aliphatic heterocycles. The number of anilines is 2. The van der Waals surface area contributed by atoms with Crippen LogP contribution in [0.2, 0.25) is 0 Å². The first kappa shape index (κ1) is 14.8. The highest BCUT2D eigenvalue weighted by Crippen LogP contribution is 2.41. The third-order valence-corrected chi connectivity index (χ3v) is 4.15. The molecule has 0 atom stereocenters. The second-order valence-corrected chi connectivity index (χ2v) is 5.89. The lowest BCUT2D eigenvalue weighted by atomic mass is 9.96. The first-order chi connectivity index (χ1) is 10.6. The zero-order valence-corrected chi connectivity index (χ0v) is 13.8. The Bertz CT molecular complexity index is 648. The van der Waals surface area contributed by atoms with Gasteiger partial charge < -0.3 is 15.4 Å². The lowest BCUT2D eigenvalue weighted by Crippen LogP contribution is -2.08. The van der Waals surface area contributed by atoms with Gasteiger partial charge in [0.1, 0.15) is 11.5 Å². The first-order valence-electron chi connectivity index (χ1n) is 8.05. The van der Waals surface area contributed by atoms with Gasteiger partial charge in [-0.2, -0.15) is 0 Å². The van der Waals surface area contributed by atoms with E-state index in [1.165, 1.54) is 22.3 Å². The topological polar surface area (TPSA) is 33.3 Å². The fraction of sp³-hybridized carbons (Fsp3) is 0.368. The summed E-state index contributed by atoms with van der Waals surface area (Å²) in [5, 5.41) is 6.80. The number of aryl methyl sites for hydroxylation is 2. The van der Waals surface area contributed by atoms with Gasteiger partial charge in [-0.25, -0.2) is 0 Å². The van der Waals surface area contributed by atoms with E-state index in [2.05, 4.69) is 62.6 Å². The van der Waals surface area contributed by atoms with Crippen molar-refractivity contribution in [1.82, 2.24) is 0 Å². The molecule has 0 amide bonds. The predicted molar refractivity (Wildman–Crippen MR) is 93.6 cm³/mol. The fourth-order valence-electron chi connectivity index (χ4n) is 3.05. The van der Waals surface area contributed by atoms with Crippen molar-refractivity contribution in [1.29, 1.82) is 0 Å². The maximum atomic E-state index is 6.18. The summed E-state index contributed by atoms with van der Waals surface area (Å²) in [4.78, 5) is 0. The van der Waals surface area contributed by atoms with Crippen LogP contribution in [0.4, 0.5) is 11.4 Å². The number of rotatable bonds is 4. The van der Waals surface area contributed by atoms with Crippen LogP contribution in [0.15, 0.2) is 24.3 Å². The molecule has 2 aromatic rings. The lowest BCUT2D eigenvalue weighted by Gasteiger charge is -2.24. The minimum absolute atomic E-state index is 0.917. The summed E-state index contributed by atoms with van der Waals surface area (Å²) in [6.45, 7) is 10.3. The molecular weight excluding hydrogens is 272 g/mol. The average Bonchev–Trinajstić information content (AvgIpc) is 2.48. The zero-order chi connectivity index (χ0) is 15.7. The van der Waals surface area contributed by atoms with Gasteiger partial charge in [0, 0.05) is 43.0 Å². The minimum Gasteiger partial charge on any atom is -0.457 e. The second kappa shape index (κ2) is 5.91. The number of ether oxygens (including phenoxy) is 1. The van der Waals surface area contributed by atoms with Gasteiger partial charge in [-0.3, -0.25) is 0 Å². The maximum Gasteiger partial charge on any atom is 0.133 e. The molecule has 0 radical (unpaired) electrons. The Morgan fingerprint density at radius 1 is 0.818 bits per heavy atom. The highest BCUT2D eigenvalue weighted by atomic mass is 16.5. The van der Waals surface area contributed by atoms with Crippen LogP contribution in [0, 0.1) is 13.8 Å². The Balaban J connectivity index is 1.99. The summed E-state index contributed by atoms with van der Waals surface area (Å²) in [5.74, 6) is 1.95. The molecule has 1 heterocycles. The second-order valence-electron chi connectivity index (χ2n) is 5.89. The lowest BCUT2D eigenvalue weighted by molar-refractivity contribution is 0.460. The van der Waals surface area contributed by atoms with Gasteiger partial charge in [-0.1, -0.05) is 0 Å². The summed E-state index contributed by atoms with van der Waals surface area (Å²) in [6.07, 6.45) is 0.936. The van der Waals surface area contributed by atoms with E-state index in [0.717, 1.165) is 42.4 Å². The molecule has 3 rings (SSSR count). The van der Waals surface area contributed by atoms with Crippen molar-refractivity contribution < 1.29 is 4.74 Å². The minimum atomic E-state index is 0.917. The molecule has 2 aromatic carbocycles. The molecule has 116 valence electrons. The Kier molecular flexibility index (Phi) is 3.97. The third kappa shape index (κ3) is 2.63. The van der Waals surface area contributed by atoms with E-state index < -0.39 is 0 Å². The molecule has 0 saturated carbocycles. The molecule has 3 nitrogen and oxygen atoms in total. The molecule has 2 N–H and O–H groups in total. The SMILES string of the molecule is CCNc1cc2c(cc1C)Cc1cc(C)c(NCC)cc1O2. The number of nitrogens with one attached hydrogen (secondary N) is 2. The van der Waals surface area contributed by atoms with E-state index in [0.29, 0.717) is 0 Å². The Hall–Kier alpha value is -2.16. The smallest absolute Gasteiger partial charge is 0.133 e. The molecule has 22 heavy (non-hydrogen) atoms. The number of benzene rings is 2. The molecule has 0 bridgehead atoms. The molecule has 0 saturated heterocycles. The Labute approximate surface area is 132 Å². The zero-order valence-electron chi connectivity index (χ0n) is 13.8. The Morgan fingerprint density at radius 3 is 1.68 bits per heavy atom. The highest BCUT2D eigenvalue weighted by Gasteiger charge is 2.19. The van der Waals surface area contributed by atoms with Crippen molar-refractivity contribution in [2.75, 3.05) is 23.7 Å². The third-order valence-electron chi connectivity index (χ3n) is 4.15.